The van der Waals surface area contributed by atoms with Gasteiger partial charge in [0.15, 0.2) is 0 Å². The number of rotatable bonds is 2. The van der Waals surface area contributed by atoms with Gasteiger partial charge in [0, 0.05) is 0 Å². The minimum absolute atomic E-state index is 0.549. The van der Waals surface area contributed by atoms with Crippen molar-refractivity contribution in [2.75, 3.05) is 0 Å². The zero-order chi connectivity index (χ0) is 9.28. The minimum atomic E-state index is -4.06. The molecule has 0 aromatic rings. The normalized spacial score (nSPS) is 16.6. The molecule has 0 unspecified atom stereocenters. The van der Waals surface area contributed by atoms with Gasteiger partial charge in [-0.3, -0.25) is 0 Å². The van der Waals surface area contributed by atoms with E-state index in [9.17, 15) is 13.2 Å². The summed E-state index contributed by atoms with van der Waals surface area (Å²) < 4.78 is 36.4. The number of hydrogen-bond acceptors (Lipinski definition) is 0. The number of hydrogen-bond donors (Lipinski definition) is 0. The summed E-state index contributed by atoms with van der Waals surface area (Å²) in [4.78, 5) is 0. The topological polar surface area (TPSA) is 0 Å². The molecule has 0 saturated heterocycles. The molecule has 0 radical (unpaired) electrons. The average Bonchev–Trinajstić information content (AvgIpc) is 1.84. The first-order valence-electron chi connectivity index (χ1n) is 3.78. The van der Waals surface area contributed by atoms with Crippen LogP contribution in [0.4, 0.5) is 13.2 Å². The summed E-state index contributed by atoms with van der Waals surface area (Å²) in [6.07, 6.45) is -3.51. The summed E-state index contributed by atoms with van der Waals surface area (Å²) in [6, 6.07) is 0. The van der Waals surface area contributed by atoms with Crippen molar-refractivity contribution in [3.05, 3.63) is 0 Å². The minimum Gasteiger partial charge on any atom is -0.171 e. The Kier molecular flexibility index (Phi) is 2.98. The van der Waals surface area contributed by atoms with E-state index in [4.69, 9.17) is 0 Å². The Morgan fingerprint density at radius 1 is 1.18 bits per heavy atom. The van der Waals surface area contributed by atoms with Gasteiger partial charge in [-0.2, -0.15) is 13.2 Å². The molecule has 0 aliphatic heterocycles. The molecular formula is C8H15F3. The zero-order valence-electron chi connectivity index (χ0n) is 7.42. The Hall–Kier alpha value is -0.210. The first-order chi connectivity index (χ1) is 4.72. The molecule has 1 atom stereocenters. The predicted octanol–water partition coefficient (Wildman–Crippen LogP) is 3.62. The molecule has 0 amide bonds. The summed E-state index contributed by atoms with van der Waals surface area (Å²) in [5.41, 5.74) is -0.641. The lowest BCUT2D eigenvalue weighted by Gasteiger charge is -2.31. The molecular weight excluding hydrogens is 153 g/mol. The van der Waals surface area contributed by atoms with Gasteiger partial charge in [0.2, 0.25) is 0 Å². The molecule has 0 aliphatic carbocycles. The second-order valence-corrected chi connectivity index (χ2v) is 3.61. The van der Waals surface area contributed by atoms with Crippen molar-refractivity contribution in [3.8, 4) is 0 Å². The van der Waals surface area contributed by atoms with Crippen LogP contribution < -0.4 is 0 Å². The van der Waals surface area contributed by atoms with Crippen molar-refractivity contribution >= 4 is 0 Å². The van der Waals surface area contributed by atoms with Crippen LogP contribution in [0.2, 0.25) is 0 Å². The third kappa shape index (κ3) is 2.72. The maximum atomic E-state index is 12.1. The van der Waals surface area contributed by atoms with E-state index in [0.717, 1.165) is 0 Å². The lowest BCUT2D eigenvalue weighted by Crippen LogP contribution is -2.33. The van der Waals surface area contributed by atoms with Crippen LogP contribution in [0, 0.1) is 11.3 Å². The Bertz CT molecular complexity index is 124. The summed E-state index contributed by atoms with van der Waals surface area (Å²) in [7, 11) is 0. The Labute approximate surface area is 65.8 Å². The van der Waals surface area contributed by atoms with Gasteiger partial charge in [-0.15, -0.1) is 0 Å². The van der Waals surface area contributed by atoms with E-state index in [-0.39, 0.29) is 0 Å². The Morgan fingerprint density at radius 2 is 1.55 bits per heavy atom. The first-order valence-corrected chi connectivity index (χ1v) is 3.78. The summed E-state index contributed by atoms with van der Waals surface area (Å²) in [5, 5.41) is 0. The van der Waals surface area contributed by atoms with Crippen molar-refractivity contribution < 1.29 is 13.2 Å². The van der Waals surface area contributed by atoms with E-state index in [1.807, 2.05) is 0 Å². The van der Waals surface area contributed by atoms with Gasteiger partial charge in [-0.25, -0.2) is 0 Å². The maximum absolute atomic E-state index is 12.1. The highest BCUT2D eigenvalue weighted by atomic mass is 19.4. The number of halogens is 3. The zero-order valence-corrected chi connectivity index (χ0v) is 7.42. The van der Waals surface area contributed by atoms with Crippen LogP contribution in [-0.2, 0) is 0 Å². The van der Waals surface area contributed by atoms with E-state index in [2.05, 4.69) is 0 Å². The molecule has 0 saturated carbocycles. The van der Waals surface area contributed by atoms with Gasteiger partial charge in [0.05, 0.1) is 5.92 Å². The molecule has 0 rings (SSSR count). The molecule has 0 N–H and O–H groups in total. The number of alkyl halides is 3. The van der Waals surface area contributed by atoms with E-state index in [1.165, 1.54) is 6.92 Å². The van der Waals surface area contributed by atoms with Crippen molar-refractivity contribution in [2.45, 2.75) is 40.3 Å². The third-order valence-corrected chi connectivity index (χ3v) is 2.57. The standard InChI is InChI=1S/C8H15F3/c1-5-7(3,4)6(2)8(9,10)11/h6H,5H2,1-4H3/t6-/m1/s1. The van der Waals surface area contributed by atoms with Crippen molar-refractivity contribution in [1.82, 2.24) is 0 Å². The van der Waals surface area contributed by atoms with Gasteiger partial charge in [-0.1, -0.05) is 34.1 Å². The monoisotopic (exact) mass is 168 g/mol. The fourth-order valence-electron chi connectivity index (χ4n) is 0.749. The third-order valence-electron chi connectivity index (χ3n) is 2.57. The van der Waals surface area contributed by atoms with Crippen LogP contribution in [0.5, 0.6) is 0 Å². The Morgan fingerprint density at radius 3 is 1.64 bits per heavy atom. The van der Waals surface area contributed by atoms with Crippen molar-refractivity contribution in [3.63, 3.8) is 0 Å². The van der Waals surface area contributed by atoms with Crippen molar-refractivity contribution in [1.29, 1.82) is 0 Å². The molecule has 0 bridgehead atoms. The van der Waals surface area contributed by atoms with Crippen molar-refractivity contribution in [2.24, 2.45) is 11.3 Å². The van der Waals surface area contributed by atoms with E-state index in [1.54, 1.807) is 20.8 Å². The van der Waals surface area contributed by atoms with Crippen LogP contribution in [0.1, 0.15) is 34.1 Å². The lowest BCUT2D eigenvalue weighted by molar-refractivity contribution is -0.197. The summed E-state index contributed by atoms with van der Waals surface area (Å²) in [6.45, 7) is 6.31. The molecule has 0 spiro atoms. The molecule has 11 heavy (non-hydrogen) atoms. The molecule has 0 aromatic carbocycles. The quantitative estimate of drug-likeness (QED) is 0.590. The molecule has 0 fully saturated rings. The highest BCUT2D eigenvalue weighted by molar-refractivity contribution is 4.78. The fourth-order valence-corrected chi connectivity index (χ4v) is 0.749. The van der Waals surface area contributed by atoms with E-state index < -0.39 is 17.5 Å². The smallest absolute Gasteiger partial charge is 0.171 e. The highest BCUT2D eigenvalue weighted by Gasteiger charge is 2.44. The lowest BCUT2D eigenvalue weighted by atomic mass is 9.77. The highest BCUT2D eigenvalue weighted by Crippen LogP contribution is 2.41. The van der Waals surface area contributed by atoms with Crippen LogP contribution >= 0.6 is 0 Å². The first kappa shape index (κ1) is 10.8. The average molecular weight is 168 g/mol. The van der Waals surface area contributed by atoms with Gasteiger partial charge < -0.3 is 0 Å². The molecule has 0 nitrogen and oxygen atoms in total. The SMILES string of the molecule is CCC(C)(C)[C@@H](C)C(F)(F)F. The molecule has 3 heteroatoms. The summed E-state index contributed by atoms with van der Waals surface area (Å²) in [5.74, 6) is -1.22. The molecule has 0 aliphatic rings. The van der Waals surface area contributed by atoms with Gasteiger partial charge in [0.1, 0.15) is 0 Å². The van der Waals surface area contributed by atoms with E-state index >= 15 is 0 Å². The largest absolute Gasteiger partial charge is 0.392 e. The van der Waals surface area contributed by atoms with Crippen LogP contribution in [-0.4, -0.2) is 6.18 Å². The van der Waals surface area contributed by atoms with Gasteiger partial charge in [-0.05, 0) is 5.41 Å². The van der Waals surface area contributed by atoms with Crippen LogP contribution in [0.3, 0.4) is 0 Å². The van der Waals surface area contributed by atoms with Gasteiger partial charge >= 0.3 is 6.18 Å². The molecule has 0 aromatic heterocycles. The Balaban J connectivity index is 4.35. The molecule has 0 heterocycles. The maximum Gasteiger partial charge on any atom is 0.392 e. The van der Waals surface area contributed by atoms with E-state index in [0.29, 0.717) is 6.42 Å². The summed E-state index contributed by atoms with van der Waals surface area (Å²) >= 11 is 0. The van der Waals surface area contributed by atoms with Crippen LogP contribution in [0.25, 0.3) is 0 Å². The fraction of sp³-hybridized carbons (Fsp3) is 1.00. The molecule has 68 valence electrons. The predicted molar refractivity (Wildman–Crippen MR) is 39.3 cm³/mol. The van der Waals surface area contributed by atoms with Crippen LogP contribution in [0.15, 0.2) is 0 Å². The second-order valence-electron chi connectivity index (χ2n) is 3.61. The van der Waals surface area contributed by atoms with Gasteiger partial charge in [0.25, 0.3) is 0 Å². The second kappa shape index (κ2) is 3.03.